The number of methoxy groups -OCH3 is 1. The summed E-state index contributed by atoms with van der Waals surface area (Å²) in [5.41, 5.74) is 2.55. The quantitative estimate of drug-likeness (QED) is 0.459. The van der Waals surface area contributed by atoms with Crippen LogP contribution in [0.15, 0.2) is 35.5 Å². The third kappa shape index (κ3) is 5.97. The minimum Gasteiger partial charge on any atom is -0.383 e. The van der Waals surface area contributed by atoms with E-state index in [-0.39, 0.29) is 0 Å². The predicted molar refractivity (Wildman–Crippen MR) is 117 cm³/mol. The van der Waals surface area contributed by atoms with E-state index in [0.29, 0.717) is 5.92 Å². The zero-order valence-electron chi connectivity index (χ0n) is 17.3. The maximum absolute atomic E-state index is 5.18. The van der Waals surface area contributed by atoms with Gasteiger partial charge in [0.25, 0.3) is 0 Å². The first kappa shape index (κ1) is 20.7. The number of benzene rings is 1. The molecule has 1 aromatic carbocycles. The lowest BCUT2D eigenvalue weighted by Gasteiger charge is -2.31. The molecule has 28 heavy (non-hydrogen) atoms. The van der Waals surface area contributed by atoms with E-state index in [2.05, 4.69) is 57.9 Å². The summed E-state index contributed by atoms with van der Waals surface area (Å²) in [4.78, 5) is 10.7. The molecule has 6 heteroatoms. The summed E-state index contributed by atoms with van der Waals surface area (Å²) < 4.78 is 5.18. The van der Waals surface area contributed by atoms with Gasteiger partial charge in [-0.15, -0.1) is 0 Å². The Bertz CT molecular complexity index is 733. The van der Waals surface area contributed by atoms with Crippen LogP contribution < -0.4 is 10.6 Å². The molecule has 1 aliphatic rings. The monoisotopic (exact) mass is 385 g/mol. The predicted octanol–water partition coefficient (Wildman–Crippen LogP) is 2.62. The summed E-state index contributed by atoms with van der Waals surface area (Å²) in [6.45, 7) is 8.98. The van der Waals surface area contributed by atoms with Crippen LogP contribution in [0, 0.1) is 5.92 Å². The van der Waals surface area contributed by atoms with Gasteiger partial charge in [0, 0.05) is 50.4 Å². The Morgan fingerprint density at radius 1 is 1.25 bits per heavy atom. The summed E-state index contributed by atoms with van der Waals surface area (Å²) in [6, 6.07) is 8.47. The number of guanidine groups is 1. The molecule has 0 amide bonds. The van der Waals surface area contributed by atoms with Gasteiger partial charge in [-0.25, -0.2) is 0 Å². The highest BCUT2D eigenvalue weighted by Gasteiger charge is 2.18. The number of rotatable bonds is 9. The molecule has 1 fully saturated rings. The number of aromatic amines is 1. The molecule has 2 aromatic rings. The Morgan fingerprint density at radius 2 is 2.07 bits per heavy atom. The zero-order valence-corrected chi connectivity index (χ0v) is 17.3. The minimum absolute atomic E-state index is 0.683. The molecule has 1 saturated heterocycles. The third-order valence-electron chi connectivity index (χ3n) is 5.53. The first-order chi connectivity index (χ1) is 13.8. The maximum atomic E-state index is 5.18. The molecule has 3 rings (SSSR count). The average molecular weight is 386 g/mol. The number of likely N-dealkylation sites (tertiary alicyclic amines) is 1. The number of H-pyrrole nitrogens is 1. The molecule has 0 atom stereocenters. The molecule has 6 nitrogen and oxygen atoms in total. The molecule has 3 N–H and O–H groups in total. The molecule has 0 aliphatic carbocycles. The standard InChI is InChI=1S/C22H35N5O/c1-3-23-22(26-16-18-9-12-27(13-10-18)14-15-28-2)24-11-8-19-17-25-21-7-5-4-6-20(19)21/h4-7,17-18,25H,3,8-16H2,1-2H3,(H2,23,24,26). The van der Waals surface area contributed by atoms with Gasteiger partial charge < -0.3 is 25.3 Å². The number of ether oxygens (including phenoxy) is 1. The molecular weight excluding hydrogens is 350 g/mol. The Kier molecular flexibility index (Phi) is 8.18. The van der Waals surface area contributed by atoms with Crippen molar-refractivity contribution in [3.63, 3.8) is 0 Å². The molecular formula is C22H35N5O. The van der Waals surface area contributed by atoms with Crippen molar-refractivity contribution in [3.05, 3.63) is 36.0 Å². The van der Waals surface area contributed by atoms with Crippen molar-refractivity contribution in [1.82, 2.24) is 20.5 Å². The van der Waals surface area contributed by atoms with E-state index in [0.717, 1.165) is 58.3 Å². The number of para-hydroxylation sites is 1. The summed E-state index contributed by atoms with van der Waals surface area (Å²) in [5.74, 6) is 1.62. The third-order valence-corrected chi connectivity index (χ3v) is 5.53. The van der Waals surface area contributed by atoms with E-state index in [1.54, 1.807) is 7.11 Å². The van der Waals surface area contributed by atoms with Gasteiger partial charge in [-0.1, -0.05) is 18.2 Å². The summed E-state index contributed by atoms with van der Waals surface area (Å²) in [6.07, 6.45) is 5.55. The smallest absolute Gasteiger partial charge is 0.191 e. The molecule has 0 saturated carbocycles. The molecule has 0 spiro atoms. The van der Waals surface area contributed by atoms with Crippen LogP contribution in [0.5, 0.6) is 0 Å². The van der Waals surface area contributed by atoms with Gasteiger partial charge in [-0.2, -0.15) is 0 Å². The molecule has 1 aliphatic heterocycles. The van der Waals surface area contributed by atoms with Gasteiger partial charge in [0.1, 0.15) is 0 Å². The zero-order chi connectivity index (χ0) is 19.6. The number of nitrogens with one attached hydrogen (secondary N) is 3. The summed E-state index contributed by atoms with van der Waals surface area (Å²) in [7, 11) is 1.77. The van der Waals surface area contributed by atoms with Crippen molar-refractivity contribution < 1.29 is 4.74 Å². The molecule has 0 bridgehead atoms. The fourth-order valence-electron chi connectivity index (χ4n) is 3.83. The van der Waals surface area contributed by atoms with Crippen LogP contribution >= 0.6 is 0 Å². The van der Waals surface area contributed by atoms with E-state index in [1.165, 1.54) is 29.3 Å². The molecule has 2 heterocycles. The van der Waals surface area contributed by atoms with Crippen LogP contribution in [0.3, 0.4) is 0 Å². The van der Waals surface area contributed by atoms with Crippen molar-refractivity contribution in [2.45, 2.75) is 26.2 Å². The molecule has 154 valence electrons. The number of aromatic nitrogens is 1. The summed E-state index contributed by atoms with van der Waals surface area (Å²) in [5, 5.41) is 8.19. The highest BCUT2D eigenvalue weighted by atomic mass is 16.5. The maximum Gasteiger partial charge on any atom is 0.191 e. The van der Waals surface area contributed by atoms with Gasteiger partial charge in [-0.3, -0.25) is 4.99 Å². The first-order valence-electron chi connectivity index (χ1n) is 10.6. The minimum atomic E-state index is 0.683. The van der Waals surface area contributed by atoms with Crippen molar-refractivity contribution in [1.29, 1.82) is 0 Å². The number of piperidine rings is 1. The van der Waals surface area contributed by atoms with Gasteiger partial charge in [-0.05, 0) is 56.8 Å². The van der Waals surface area contributed by atoms with E-state index < -0.39 is 0 Å². The van der Waals surface area contributed by atoms with Crippen LogP contribution in [0.25, 0.3) is 10.9 Å². The van der Waals surface area contributed by atoms with Crippen LogP contribution in [-0.2, 0) is 11.2 Å². The Morgan fingerprint density at radius 3 is 2.86 bits per heavy atom. The second-order valence-electron chi connectivity index (χ2n) is 7.53. The highest BCUT2D eigenvalue weighted by molar-refractivity contribution is 5.83. The first-order valence-corrected chi connectivity index (χ1v) is 10.6. The van der Waals surface area contributed by atoms with Crippen molar-refractivity contribution in [2.75, 3.05) is 53.0 Å². The van der Waals surface area contributed by atoms with Crippen molar-refractivity contribution >= 4 is 16.9 Å². The average Bonchev–Trinajstić information content (AvgIpc) is 3.14. The number of aliphatic imine (C=N–C) groups is 1. The van der Waals surface area contributed by atoms with Crippen LogP contribution in [0.1, 0.15) is 25.3 Å². The van der Waals surface area contributed by atoms with E-state index >= 15 is 0 Å². The lowest BCUT2D eigenvalue weighted by molar-refractivity contribution is 0.121. The van der Waals surface area contributed by atoms with Crippen LogP contribution in [-0.4, -0.2) is 68.8 Å². The summed E-state index contributed by atoms with van der Waals surface area (Å²) >= 11 is 0. The van der Waals surface area contributed by atoms with Gasteiger partial charge >= 0.3 is 0 Å². The van der Waals surface area contributed by atoms with E-state index in [1.807, 2.05) is 0 Å². The molecule has 1 aromatic heterocycles. The lowest BCUT2D eigenvalue weighted by atomic mass is 9.97. The molecule has 0 unspecified atom stereocenters. The van der Waals surface area contributed by atoms with E-state index in [9.17, 15) is 0 Å². The fraction of sp³-hybridized carbons (Fsp3) is 0.591. The van der Waals surface area contributed by atoms with Gasteiger partial charge in [0.2, 0.25) is 0 Å². The van der Waals surface area contributed by atoms with Gasteiger partial charge in [0.05, 0.1) is 6.61 Å². The second-order valence-corrected chi connectivity index (χ2v) is 7.53. The lowest BCUT2D eigenvalue weighted by Crippen LogP contribution is -2.40. The largest absolute Gasteiger partial charge is 0.383 e. The fourth-order valence-corrected chi connectivity index (χ4v) is 3.83. The second kappa shape index (κ2) is 11.1. The molecule has 0 radical (unpaired) electrons. The number of hydrogen-bond donors (Lipinski definition) is 3. The highest BCUT2D eigenvalue weighted by Crippen LogP contribution is 2.18. The Labute approximate surface area is 168 Å². The number of fused-ring (bicyclic) bond motifs is 1. The topological polar surface area (TPSA) is 64.7 Å². The van der Waals surface area contributed by atoms with Crippen LogP contribution in [0.2, 0.25) is 0 Å². The Hall–Kier alpha value is -2.05. The Balaban J connectivity index is 1.44. The van der Waals surface area contributed by atoms with Crippen molar-refractivity contribution in [3.8, 4) is 0 Å². The number of hydrogen-bond acceptors (Lipinski definition) is 3. The number of nitrogens with zero attached hydrogens (tertiary/aromatic N) is 2. The van der Waals surface area contributed by atoms with Crippen LogP contribution in [0.4, 0.5) is 0 Å². The normalized spacial score (nSPS) is 16.6. The van der Waals surface area contributed by atoms with E-state index in [4.69, 9.17) is 9.73 Å². The van der Waals surface area contributed by atoms with Crippen molar-refractivity contribution in [2.24, 2.45) is 10.9 Å². The SMILES string of the molecule is CCNC(=NCC1CCN(CCOC)CC1)NCCc1c[nH]c2ccccc12. The van der Waals surface area contributed by atoms with Gasteiger partial charge in [0.15, 0.2) is 5.96 Å².